The number of carbonyl (C=O) groups excluding carboxylic acids is 3. The number of halogens is 1. The van der Waals surface area contributed by atoms with Gasteiger partial charge in [0.05, 0.1) is 5.69 Å². The molecule has 0 aromatic heterocycles. The minimum absolute atomic E-state index is 0.114. The summed E-state index contributed by atoms with van der Waals surface area (Å²) < 4.78 is 19.1. The van der Waals surface area contributed by atoms with Gasteiger partial charge in [-0.1, -0.05) is 24.0 Å². The van der Waals surface area contributed by atoms with Crippen LogP contribution in [0.2, 0.25) is 0 Å². The molecule has 2 aromatic rings. The lowest BCUT2D eigenvalue weighted by atomic mass is 10.00. The van der Waals surface area contributed by atoms with Gasteiger partial charge < -0.3 is 25.6 Å². The van der Waals surface area contributed by atoms with Crippen LogP contribution in [-0.4, -0.2) is 57.1 Å². The fourth-order valence-electron chi connectivity index (χ4n) is 4.16. The van der Waals surface area contributed by atoms with Crippen molar-refractivity contribution >= 4 is 23.4 Å². The normalized spacial score (nSPS) is 19.2. The lowest BCUT2D eigenvalue weighted by Crippen LogP contribution is -2.53. The highest BCUT2D eigenvalue weighted by atomic mass is 19.1. The van der Waals surface area contributed by atoms with Gasteiger partial charge in [0.2, 0.25) is 0 Å². The first kappa shape index (κ1) is 25.2. The summed E-state index contributed by atoms with van der Waals surface area (Å²) in [6.07, 6.45) is 2.53. The Balaban J connectivity index is 1.34. The molecule has 2 atom stereocenters. The molecule has 3 N–H and O–H groups in total. The minimum Gasteiger partial charge on any atom is -0.489 e. The second-order valence-electron chi connectivity index (χ2n) is 8.87. The van der Waals surface area contributed by atoms with Crippen LogP contribution < -0.4 is 25.6 Å². The molecule has 8 nitrogen and oxygen atoms in total. The second-order valence-corrected chi connectivity index (χ2v) is 8.87. The molecule has 0 spiro atoms. The number of amides is 3. The average Bonchev–Trinajstić information content (AvgIpc) is 3.00. The summed E-state index contributed by atoms with van der Waals surface area (Å²) in [5.41, 5.74) is 2.01. The van der Waals surface area contributed by atoms with Crippen LogP contribution in [0.15, 0.2) is 42.5 Å². The van der Waals surface area contributed by atoms with Crippen LogP contribution >= 0.6 is 0 Å². The maximum Gasteiger partial charge on any atom is 0.310 e. The van der Waals surface area contributed by atoms with Crippen molar-refractivity contribution in [3.63, 3.8) is 0 Å². The Bertz CT molecular complexity index is 1200. The van der Waals surface area contributed by atoms with Crippen LogP contribution in [0.3, 0.4) is 0 Å². The summed E-state index contributed by atoms with van der Waals surface area (Å²) >= 11 is 0. The second kappa shape index (κ2) is 11.7. The Hall–Kier alpha value is -3.90. The zero-order valence-corrected chi connectivity index (χ0v) is 20.1. The minimum atomic E-state index is -1.04. The van der Waals surface area contributed by atoms with E-state index in [9.17, 15) is 18.8 Å². The first-order valence-corrected chi connectivity index (χ1v) is 12.0. The summed E-state index contributed by atoms with van der Waals surface area (Å²) in [5.74, 6) is 4.67. The first-order chi connectivity index (χ1) is 17.4. The third-order valence-electron chi connectivity index (χ3n) is 6.17. The standard InChI is InChI=1S/C27H29FN4O4/c1-32-23-15-19(7-8-20-5-3-12-29-16-20)9-10-24(23)36-17-22(27(32)35)31-26(34)25(33)30-13-11-18-4-2-6-21(28)14-18/h2,4,6,9-10,14-15,20,22,29H,3,5,11-13,16-17H2,1H3,(H,30,33)(H,31,34)/t20?,22-/m0/s1. The monoisotopic (exact) mass is 492 g/mol. The van der Waals surface area contributed by atoms with Crippen molar-refractivity contribution in [1.82, 2.24) is 16.0 Å². The number of rotatable bonds is 4. The quantitative estimate of drug-likeness (QED) is 0.442. The molecule has 1 saturated heterocycles. The van der Waals surface area contributed by atoms with E-state index in [4.69, 9.17) is 4.74 Å². The molecule has 36 heavy (non-hydrogen) atoms. The molecule has 0 radical (unpaired) electrons. The van der Waals surface area contributed by atoms with Gasteiger partial charge in [0.25, 0.3) is 5.91 Å². The van der Waals surface area contributed by atoms with Crippen molar-refractivity contribution in [1.29, 1.82) is 0 Å². The topological polar surface area (TPSA) is 99.8 Å². The van der Waals surface area contributed by atoms with Gasteiger partial charge in [-0.05, 0) is 61.7 Å². The van der Waals surface area contributed by atoms with E-state index in [0.717, 1.165) is 31.5 Å². The van der Waals surface area contributed by atoms with E-state index in [1.807, 2.05) is 6.07 Å². The fourth-order valence-corrected chi connectivity index (χ4v) is 4.16. The van der Waals surface area contributed by atoms with Crippen molar-refractivity contribution < 1.29 is 23.5 Å². The number of carbonyl (C=O) groups is 3. The van der Waals surface area contributed by atoms with E-state index in [1.165, 1.54) is 17.0 Å². The van der Waals surface area contributed by atoms with E-state index in [1.54, 1.807) is 31.3 Å². The molecule has 2 aliphatic rings. The molecule has 4 rings (SSSR count). The van der Waals surface area contributed by atoms with Crippen LogP contribution in [0.25, 0.3) is 0 Å². The van der Waals surface area contributed by atoms with E-state index in [-0.39, 0.29) is 19.0 Å². The molecular weight excluding hydrogens is 463 g/mol. The molecule has 188 valence electrons. The number of hydrogen-bond donors (Lipinski definition) is 3. The summed E-state index contributed by atoms with van der Waals surface area (Å²) in [6.45, 7) is 1.93. The van der Waals surface area contributed by atoms with Gasteiger partial charge in [0.15, 0.2) is 0 Å². The highest BCUT2D eigenvalue weighted by molar-refractivity contribution is 6.35. The lowest BCUT2D eigenvalue weighted by molar-refractivity contribution is -0.140. The molecule has 0 bridgehead atoms. The molecule has 0 saturated carbocycles. The number of nitrogens with one attached hydrogen (secondary N) is 3. The maximum atomic E-state index is 13.3. The zero-order valence-electron chi connectivity index (χ0n) is 20.1. The summed E-state index contributed by atoms with van der Waals surface area (Å²) in [6, 6.07) is 10.4. The van der Waals surface area contributed by atoms with Gasteiger partial charge in [-0.25, -0.2) is 4.39 Å². The number of nitrogens with zero attached hydrogens (tertiary/aromatic N) is 1. The largest absolute Gasteiger partial charge is 0.489 e. The molecule has 2 heterocycles. The number of ether oxygens (including phenoxy) is 1. The highest BCUT2D eigenvalue weighted by Crippen LogP contribution is 2.31. The number of likely N-dealkylation sites (N-methyl/N-ethyl adjacent to an activating group) is 1. The molecule has 0 aliphatic carbocycles. The van der Waals surface area contributed by atoms with Gasteiger partial charge in [-0.15, -0.1) is 0 Å². The van der Waals surface area contributed by atoms with Crippen molar-refractivity contribution in [3.8, 4) is 17.6 Å². The smallest absolute Gasteiger partial charge is 0.310 e. The molecule has 2 aliphatic heterocycles. The Kier molecular flexibility index (Phi) is 8.18. The van der Waals surface area contributed by atoms with E-state index in [2.05, 4.69) is 27.8 Å². The number of benzene rings is 2. The highest BCUT2D eigenvalue weighted by Gasteiger charge is 2.32. The first-order valence-electron chi connectivity index (χ1n) is 12.0. The molecule has 2 aromatic carbocycles. The summed E-state index contributed by atoms with van der Waals surface area (Å²) in [5, 5.41) is 8.28. The molecule has 1 fully saturated rings. The van der Waals surface area contributed by atoms with E-state index < -0.39 is 23.8 Å². The number of anilines is 1. The summed E-state index contributed by atoms with van der Waals surface area (Å²) in [7, 11) is 1.59. The van der Waals surface area contributed by atoms with E-state index >= 15 is 0 Å². The Morgan fingerprint density at radius 3 is 2.86 bits per heavy atom. The third kappa shape index (κ3) is 6.40. The average molecular weight is 493 g/mol. The van der Waals surface area contributed by atoms with Crippen molar-refractivity contribution in [2.75, 3.05) is 38.2 Å². The van der Waals surface area contributed by atoms with Crippen LogP contribution in [0.1, 0.15) is 24.0 Å². The van der Waals surface area contributed by atoms with Crippen LogP contribution in [0.4, 0.5) is 10.1 Å². The van der Waals surface area contributed by atoms with Gasteiger partial charge in [-0.3, -0.25) is 14.4 Å². The fraction of sp³-hybridized carbons (Fsp3) is 0.370. The van der Waals surface area contributed by atoms with Crippen LogP contribution in [0.5, 0.6) is 5.75 Å². The van der Waals surface area contributed by atoms with Crippen molar-refractivity contribution in [2.45, 2.75) is 25.3 Å². The van der Waals surface area contributed by atoms with Gasteiger partial charge in [0, 0.05) is 31.6 Å². The number of piperidine rings is 1. The molecule has 1 unspecified atom stereocenters. The number of hydrogen-bond acceptors (Lipinski definition) is 5. The predicted octanol–water partition coefficient (Wildman–Crippen LogP) is 1.38. The Morgan fingerprint density at radius 1 is 1.22 bits per heavy atom. The number of fused-ring (bicyclic) bond motifs is 1. The van der Waals surface area contributed by atoms with E-state index in [0.29, 0.717) is 29.3 Å². The van der Waals surface area contributed by atoms with Crippen LogP contribution in [-0.2, 0) is 20.8 Å². The Labute approximate surface area is 209 Å². The van der Waals surface area contributed by atoms with Crippen molar-refractivity contribution in [2.24, 2.45) is 5.92 Å². The van der Waals surface area contributed by atoms with Gasteiger partial charge in [-0.2, -0.15) is 0 Å². The maximum absolute atomic E-state index is 13.3. The third-order valence-corrected chi connectivity index (χ3v) is 6.17. The predicted molar refractivity (Wildman–Crippen MR) is 133 cm³/mol. The zero-order chi connectivity index (χ0) is 25.5. The molecule has 3 amide bonds. The Morgan fingerprint density at radius 2 is 2.08 bits per heavy atom. The lowest BCUT2D eigenvalue weighted by Gasteiger charge is -2.20. The van der Waals surface area contributed by atoms with Gasteiger partial charge in [0.1, 0.15) is 24.2 Å². The summed E-state index contributed by atoms with van der Waals surface area (Å²) in [4.78, 5) is 39.1. The molecule has 9 heteroatoms. The molecular formula is C27H29FN4O4. The van der Waals surface area contributed by atoms with Crippen LogP contribution in [0, 0.1) is 23.6 Å². The SMILES string of the molecule is CN1C(=O)[C@@H](NC(=O)C(=O)NCCc2cccc(F)c2)COc2ccc(C#CC3CCCNC3)cc21. The van der Waals surface area contributed by atoms with Crippen molar-refractivity contribution in [3.05, 3.63) is 59.4 Å². The van der Waals surface area contributed by atoms with Gasteiger partial charge >= 0.3 is 11.8 Å².